The molecule has 3 atom stereocenters. The number of nitrogens with zero attached hydrogens (tertiary/aromatic N) is 1. The van der Waals surface area contributed by atoms with Crippen LogP contribution in [0.15, 0.2) is 0 Å². The molecule has 1 heterocycles. The van der Waals surface area contributed by atoms with Gasteiger partial charge in [0.1, 0.15) is 0 Å². The molecule has 1 aliphatic heterocycles. The molecule has 1 rings (SSSR count). The van der Waals surface area contributed by atoms with Crippen molar-refractivity contribution >= 4 is 10.0 Å². The van der Waals surface area contributed by atoms with Crippen LogP contribution in [0.25, 0.3) is 0 Å². The smallest absolute Gasteiger partial charge is 0.211 e. The molecule has 5 heteroatoms. The Hall–Kier alpha value is -0.130. The van der Waals surface area contributed by atoms with Crippen LogP contribution in [0.1, 0.15) is 40.0 Å². The SMILES string of the molecule is CC(C)C(CC1CCCN(S(C)(=O)=O)C1)C(C)N. The molecule has 0 spiro atoms. The highest BCUT2D eigenvalue weighted by atomic mass is 32.2. The fraction of sp³-hybridized carbons (Fsp3) is 1.00. The predicted molar refractivity (Wildman–Crippen MR) is 75.7 cm³/mol. The van der Waals surface area contributed by atoms with Crippen molar-refractivity contribution in [3.63, 3.8) is 0 Å². The molecule has 108 valence electrons. The van der Waals surface area contributed by atoms with Gasteiger partial charge in [0.05, 0.1) is 6.26 Å². The van der Waals surface area contributed by atoms with Gasteiger partial charge in [-0.15, -0.1) is 0 Å². The summed E-state index contributed by atoms with van der Waals surface area (Å²) in [5, 5.41) is 0. The molecule has 0 radical (unpaired) electrons. The molecule has 18 heavy (non-hydrogen) atoms. The van der Waals surface area contributed by atoms with Gasteiger partial charge in [-0.05, 0) is 43.9 Å². The number of rotatable bonds is 5. The Bertz CT molecular complexity index is 344. The Morgan fingerprint density at radius 1 is 1.33 bits per heavy atom. The Morgan fingerprint density at radius 3 is 2.39 bits per heavy atom. The molecule has 1 fully saturated rings. The van der Waals surface area contributed by atoms with Gasteiger partial charge in [-0.1, -0.05) is 13.8 Å². The van der Waals surface area contributed by atoms with Crippen LogP contribution < -0.4 is 5.73 Å². The number of hydrogen-bond donors (Lipinski definition) is 1. The maximum absolute atomic E-state index is 11.6. The first-order valence-electron chi connectivity index (χ1n) is 6.92. The standard InChI is InChI=1S/C13H28N2O2S/c1-10(2)13(11(3)14)8-12-6-5-7-15(9-12)18(4,16)17/h10-13H,5-9,14H2,1-4H3. The molecule has 0 aromatic heterocycles. The van der Waals surface area contributed by atoms with E-state index in [9.17, 15) is 8.42 Å². The lowest BCUT2D eigenvalue weighted by atomic mass is 9.80. The quantitative estimate of drug-likeness (QED) is 0.831. The normalized spacial score (nSPS) is 26.2. The predicted octanol–water partition coefficient (Wildman–Crippen LogP) is 1.67. The van der Waals surface area contributed by atoms with Crippen LogP contribution >= 0.6 is 0 Å². The highest BCUT2D eigenvalue weighted by Gasteiger charge is 2.29. The first-order chi connectivity index (χ1) is 8.21. The van der Waals surface area contributed by atoms with Gasteiger partial charge >= 0.3 is 0 Å². The van der Waals surface area contributed by atoms with E-state index in [2.05, 4.69) is 20.8 Å². The van der Waals surface area contributed by atoms with Gasteiger partial charge in [0.2, 0.25) is 10.0 Å². The summed E-state index contributed by atoms with van der Waals surface area (Å²) < 4.78 is 24.8. The topological polar surface area (TPSA) is 63.4 Å². The van der Waals surface area contributed by atoms with Crippen LogP contribution in [0.3, 0.4) is 0 Å². The van der Waals surface area contributed by atoms with Gasteiger partial charge in [-0.25, -0.2) is 12.7 Å². The van der Waals surface area contributed by atoms with Crippen molar-refractivity contribution in [2.75, 3.05) is 19.3 Å². The molecule has 0 amide bonds. The minimum absolute atomic E-state index is 0.179. The lowest BCUT2D eigenvalue weighted by Crippen LogP contribution is -2.41. The first kappa shape index (κ1) is 15.9. The van der Waals surface area contributed by atoms with Crippen LogP contribution in [0.2, 0.25) is 0 Å². The van der Waals surface area contributed by atoms with E-state index < -0.39 is 10.0 Å². The van der Waals surface area contributed by atoms with E-state index in [4.69, 9.17) is 5.73 Å². The van der Waals surface area contributed by atoms with Crippen molar-refractivity contribution in [3.05, 3.63) is 0 Å². The molecule has 3 unspecified atom stereocenters. The Labute approximate surface area is 112 Å². The summed E-state index contributed by atoms with van der Waals surface area (Å²) >= 11 is 0. The van der Waals surface area contributed by atoms with Crippen molar-refractivity contribution in [1.29, 1.82) is 0 Å². The summed E-state index contributed by atoms with van der Waals surface area (Å²) in [6.45, 7) is 7.81. The molecule has 1 aliphatic rings. The zero-order chi connectivity index (χ0) is 13.9. The van der Waals surface area contributed by atoms with E-state index >= 15 is 0 Å². The van der Waals surface area contributed by atoms with Crippen molar-refractivity contribution in [2.45, 2.75) is 46.1 Å². The van der Waals surface area contributed by atoms with Gasteiger partial charge in [0, 0.05) is 19.1 Å². The number of piperidine rings is 1. The highest BCUT2D eigenvalue weighted by Crippen LogP contribution is 2.29. The summed E-state index contributed by atoms with van der Waals surface area (Å²) in [5.41, 5.74) is 6.04. The zero-order valence-electron chi connectivity index (χ0n) is 12.1. The Balaban J connectivity index is 2.62. The fourth-order valence-corrected chi connectivity index (χ4v) is 3.94. The van der Waals surface area contributed by atoms with Crippen LogP contribution in [-0.2, 0) is 10.0 Å². The molecular formula is C13H28N2O2S. The van der Waals surface area contributed by atoms with Gasteiger partial charge in [0.25, 0.3) is 0 Å². The minimum Gasteiger partial charge on any atom is -0.328 e. The maximum Gasteiger partial charge on any atom is 0.211 e. The maximum atomic E-state index is 11.6. The van der Waals surface area contributed by atoms with Gasteiger partial charge < -0.3 is 5.73 Å². The highest BCUT2D eigenvalue weighted by molar-refractivity contribution is 7.88. The first-order valence-corrected chi connectivity index (χ1v) is 8.77. The van der Waals surface area contributed by atoms with Crippen LogP contribution in [0, 0.1) is 17.8 Å². The second kappa shape index (κ2) is 6.35. The molecule has 0 aromatic rings. The van der Waals surface area contributed by atoms with Crippen molar-refractivity contribution < 1.29 is 8.42 Å². The summed E-state index contributed by atoms with van der Waals surface area (Å²) in [4.78, 5) is 0. The van der Waals surface area contributed by atoms with Gasteiger partial charge in [0.15, 0.2) is 0 Å². The largest absolute Gasteiger partial charge is 0.328 e. The van der Waals surface area contributed by atoms with E-state index in [1.54, 1.807) is 4.31 Å². The third kappa shape index (κ3) is 4.52. The summed E-state index contributed by atoms with van der Waals surface area (Å²) in [5.74, 6) is 1.50. The van der Waals surface area contributed by atoms with Crippen LogP contribution in [-0.4, -0.2) is 38.1 Å². The van der Waals surface area contributed by atoms with Crippen molar-refractivity contribution in [3.8, 4) is 0 Å². The van der Waals surface area contributed by atoms with Gasteiger partial charge in [-0.3, -0.25) is 0 Å². The molecular weight excluding hydrogens is 248 g/mol. The van der Waals surface area contributed by atoms with Crippen molar-refractivity contribution in [2.24, 2.45) is 23.5 Å². The molecule has 4 nitrogen and oxygen atoms in total. The molecule has 0 bridgehead atoms. The second-order valence-electron chi connectivity index (χ2n) is 6.13. The van der Waals surface area contributed by atoms with E-state index in [-0.39, 0.29) is 6.04 Å². The Morgan fingerprint density at radius 2 is 1.94 bits per heavy atom. The van der Waals surface area contributed by atoms with E-state index in [0.29, 0.717) is 30.8 Å². The van der Waals surface area contributed by atoms with E-state index in [1.807, 2.05) is 0 Å². The second-order valence-corrected chi connectivity index (χ2v) is 8.11. The van der Waals surface area contributed by atoms with E-state index in [0.717, 1.165) is 19.3 Å². The molecule has 0 aliphatic carbocycles. The lowest BCUT2D eigenvalue weighted by Gasteiger charge is -2.35. The summed E-state index contributed by atoms with van der Waals surface area (Å²) in [6, 6.07) is 0.179. The average molecular weight is 276 g/mol. The molecule has 2 N–H and O–H groups in total. The molecule has 1 saturated heterocycles. The summed E-state index contributed by atoms with van der Waals surface area (Å²) in [7, 11) is -3.03. The lowest BCUT2D eigenvalue weighted by molar-refractivity contribution is 0.195. The third-order valence-corrected chi connectivity index (χ3v) is 5.36. The van der Waals surface area contributed by atoms with Crippen LogP contribution in [0.5, 0.6) is 0 Å². The fourth-order valence-electron chi connectivity index (χ4n) is 3.00. The number of hydrogen-bond acceptors (Lipinski definition) is 3. The average Bonchev–Trinajstić information content (AvgIpc) is 2.24. The van der Waals surface area contributed by atoms with E-state index in [1.165, 1.54) is 6.26 Å². The third-order valence-electron chi connectivity index (χ3n) is 4.09. The van der Waals surface area contributed by atoms with Gasteiger partial charge in [-0.2, -0.15) is 0 Å². The molecule has 0 saturated carbocycles. The number of nitrogens with two attached hydrogens (primary N) is 1. The summed E-state index contributed by atoms with van der Waals surface area (Å²) in [6.07, 6.45) is 4.45. The zero-order valence-corrected chi connectivity index (χ0v) is 12.9. The molecule has 0 aromatic carbocycles. The van der Waals surface area contributed by atoms with Crippen molar-refractivity contribution in [1.82, 2.24) is 4.31 Å². The number of sulfonamides is 1. The Kier molecular flexibility index (Phi) is 5.62. The monoisotopic (exact) mass is 276 g/mol. The van der Waals surface area contributed by atoms with Crippen LogP contribution in [0.4, 0.5) is 0 Å². The minimum atomic E-state index is -3.03.